The van der Waals surface area contributed by atoms with Crippen molar-refractivity contribution in [3.05, 3.63) is 17.8 Å². The van der Waals surface area contributed by atoms with Gasteiger partial charge in [0.1, 0.15) is 0 Å². The van der Waals surface area contributed by atoms with E-state index in [1.54, 1.807) is 0 Å². The number of anilines is 1. The molecule has 0 radical (unpaired) electrons. The lowest BCUT2D eigenvalue weighted by Crippen LogP contribution is -2.33. The van der Waals surface area contributed by atoms with Crippen molar-refractivity contribution in [3.8, 4) is 0 Å². The molecule has 1 aromatic rings. The van der Waals surface area contributed by atoms with E-state index in [0.717, 1.165) is 12.5 Å². The number of alkyl halides is 4. The van der Waals surface area contributed by atoms with Gasteiger partial charge in [-0.15, -0.1) is 21.8 Å². The Balaban J connectivity index is 2.87. The maximum Gasteiger partial charge on any atom is 0.435 e. The topological polar surface area (TPSA) is 29.0 Å². The van der Waals surface area contributed by atoms with E-state index >= 15 is 0 Å². The highest BCUT2D eigenvalue weighted by Crippen LogP contribution is 2.27. The van der Waals surface area contributed by atoms with Gasteiger partial charge in [0.05, 0.1) is 0 Å². The molecule has 7 heteroatoms. The summed E-state index contributed by atoms with van der Waals surface area (Å²) in [6.07, 6.45) is -3.72. The summed E-state index contributed by atoms with van der Waals surface area (Å²) in [5.41, 5.74) is -0.979. The van der Waals surface area contributed by atoms with Gasteiger partial charge in [0.25, 0.3) is 0 Å². The van der Waals surface area contributed by atoms with Crippen LogP contribution in [0.15, 0.2) is 12.1 Å². The predicted octanol–water partition coefficient (Wildman–Crippen LogP) is 3.34. The minimum Gasteiger partial charge on any atom is -0.353 e. The fourth-order valence-corrected chi connectivity index (χ4v) is 1.62. The van der Waals surface area contributed by atoms with Gasteiger partial charge < -0.3 is 4.90 Å². The van der Waals surface area contributed by atoms with Crippen molar-refractivity contribution >= 4 is 17.4 Å². The molecule has 0 saturated heterocycles. The molecule has 0 amide bonds. The van der Waals surface area contributed by atoms with Crippen LogP contribution >= 0.6 is 11.6 Å². The number of halogens is 4. The summed E-state index contributed by atoms with van der Waals surface area (Å²) in [5, 5.41) is 6.84. The van der Waals surface area contributed by atoms with Crippen LogP contribution in [-0.4, -0.2) is 28.7 Å². The summed E-state index contributed by atoms with van der Waals surface area (Å²) >= 11 is 5.61. The summed E-state index contributed by atoms with van der Waals surface area (Å²) in [4.78, 5) is 1.87. The first-order valence-electron chi connectivity index (χ1n) is 5.59. The van der Waals surface area contributed by atoms with Gasteiger partial charge in [0.15, 0.2) is 11.5 Å². The fraction of sp³-hybridized carbons (Fsp3) is 0.636. The highest BCUT2D eigenvalue weighted by molar-refractivity contribution is 6.17. The Kier molecular flexibility index (Phi) is 5.19. The lowest BCUT2D eigenvalue weighted by atomic mass is 10.2. The molecule has 0 aliphatic heterocycles. The Bertz CT molecular complexity index is 365. The van der Waals surface area contributed by atoms with Crippen LogP contribution in [-0.2, 0) is 6.18 Å². The van der Waals surface area contributed by atoms with Crippen molar-refractivity contribution in [2.75, 3.05) is 17.3 Å². The molecule has 1 heterocycles. The molecular weight excluding hydrogens is 267 g/mol. The molecule has 102 valence electrons. The molecule has 1 aromatic heterocycles. The Labute approximate surface area is 109 Å². The molecule has 0 unspecified atom stereocenters. The number of nitrogens with zero attached hydrogens (tertiary/aromatic N) is 3. The SMILES string of the molecule is CC(C)N(CCCCl)c1ccc(C(F)(F)F)nn1. The molecule has 3 nitrogen and oxygen atoms in total. The van der Waals surface area contributed by atoms with Crippen molar-refractivity contribution in [1.29, 1.82) is 0 Å². The molecule has 0 aliphatic carbocycles. The number of hydrogen-bond donors (Lipinski definition) is 0. The molecule has 0 atom stereocenters. The van der Waals surface area contributed by atoms with Gasteiger partial charge in [-0.25, -0.2) is 0 Å². The second-order valence-corrected chi connectivity index (χ2v) is 4.48. The molecule has 0 spiro atoms. The van der Waals surface area contributed by atoms with Crippen LogP contribution in [0, 0.1) is 0 Å². The zero-order valence-corrected chi connectivity index (χ0v) is 11.0. The van der Waals surface area contributed by atoms with Crippen molar-refractivity contribution < 1.29 is 13.2 Å². The van der Waals surface area contributed by atoms with Crippen molar-refractivity contribution in [2.24, 2.45) is 0 Å². The molecule has 1 rings (SSSR count). The zero-order chi connectivity index (χ0) is 13.8. The van der Waals surface area contributed by atoms with Gasteiger partial charge in [-0.05, 0) is 32.4 Å². The summed E-state index contributed by atoms with van der Waals surface area (Å²) in [6.45, 7) is 4.52. The summed E-state index contributed by atoms with van der Waals surface area (Å²) in [5.74, 6) is 0.931. The second kappa shape index (κ2) is 6.22. The van der Waals surface area contributed by atoms with E-state index in [0.29, 0.717) is 18.2 Å². The standard InChI is InChI=1S/C11H15ClF3N3/c1-8(2)18(7-3-6-12)10-5-4-9(16-17-10)11(13,14)15/h4-5,8H,3,6-7H2,1-2H3. The molecule has 18 heavy (non-hydrogen) atoms. The highest BCUT2D eigenvalue weighted by atomic mass is 35.5. The first kappa shape index (κ1) is 15.0. The van der Waals surface area contributed by atoms with Gasteiger partial charge in [-0.1, -0.05) is 0 Å². The van der Waals surface area contributed by atoms with E-state index in [1.807, 2.05) is 18.7 Å². The molecular formula is C11H15ClF3N3. The largest absolute Gasteiger partial charge is 0.435 e. The quantitative estimate of drug-likeness (QED) is 0.775. The van der Waals surface area contributed by atoms with Crippen LogP contribution in [0.4, 0.5) is 19.0 Å². The van der Waals surface area contributed by atoms with E-state index in [9.17, 15) is 13.2 Å². The van der Waals surface area contributed by atoms with Crippen LogP contribution in [0.5, 0.6) is 0 Å². The third-order valence-electron chi connectivity index (χ3n) is 2.39. The van der Waals surface area contributed by atoms with Gasteiger partial charge in [-0.2, -0.15) is 13.2 Å². The van der Waals surface area contributed by atoms with Crippen LogP contribution in [0.3, 0.4) is 0 Å². The molecule has 0 aromatic carbocycles. The molecule has 0 N–H and O–H groups in total. The molecule has 0 fully saturated rings. The van der Waals surface area contributed by atoms with Crippen LogP contribution in [0.25, 0.3) is 0 Å². The van der Waals surface area contributed by atoms with Crippen molar-refractivity contribution in [1.82, 2.24) is 10.2 Å². The van der Waals surface area contributed by atoms with E-state index in [-0.39, 0.29) is 6.04 Å². The van der Waals surface area contributed by atoms with Crippen LogP contribution in [0.2, 0.25) is 0 Å². The van der Waals surface area contributed by atoms with Gasteiger partial charge in [-0.3, -0.25) is 0 Å². The maximum absolute atomic E-state index is 12.3. The third-order valence-corrected chi connectivity index (χ3v) is 2.66. The number of rotatable bonds is 5. The molecule has 0 bridgehead atoms. The average Bonchev–Trinajstić information content (AvgIpc) is 2.28. The minimum atomic E-state index is -4.45. The summed E-state index contributed by atoms with van der Waals surface area (Å²) in [7, 11) is 0. The maximum atomic E-state index is 12.3. The van der Waals surface area contributed by atoms with Crippen LogP contribution < -0.4 is 4.90 Å². The smallest absolute Gasteiger partial charge is 0.353 e. The van der Waals surface area contributed by atoms with Gasteiger partial charge in [0.2, 0.25) is 0 Å². The van der Waals surface area contributed by atoms with E-state index < -0.39 is 11.9 Å². The lowest BCUT2D eigenvalue weighted by Gasteiger charge is -2.27. The van der Waals surface area contributed by atoms with Gasteiger partial charge in [0, 0.05) is 18.5 Å². The Morgan fingerprint density at radius 1 is 1.28 bits per heavy atom. The Morgan fingerprint density at radius 2 is 1.94 bits per heavy atom. The lowest BCUT2D eigenvalue weighted by molar-refractivity contribution is -0.141. The molecule has 0 saturated carbocycles. The Morgan fingerprint density at radius 3 is 2.33 bits per heavy atom. The average molecular weight is 282 g/mol. The normalized spacial score (nSPS) is 11.9. The van der Waals surface area contributed by atoms with E-state index in [1.165, 1.54) is 6.07 Å². The van der Waals surface area contributed by atoms with Crippen molar-refractivity contribution in [2.45, 2.75) is 32.5 Å². The summed E-state index contributed by atoms with van der Waals surface area (Å²) < 4.78 is 37.0. The molecule has 0 aliphatic rings. The second-order valence-electron chi connectivity index (χ2n) is 4.10. The van der Waals surface area contributed by atoms with E-state index in [2.05, 4.69) is 10.2 Å². The van der Waals surface area contributed by atoms with E-state index in [4.69, 9.17) is 11.6 Å². The third kappa shape index (κ3) is 4.01. The highest BCUT2D eigenvalue weighted by Gasteiger charge is 2.33. The predicted molar refractivity (Wildman–Crippen MR) is 64.9 cm³/mol. The first-order chi connectivity index (χ1) is 8.36. The summed E-state index contributed by atoms with van der Waals surface area (Å²) in [6, 6.07) is 2.40. The van der Waals surface area contributed by atoms with Gasteiger partial charge >= 0.3 is 6.18 Å². The minimum absolute atomic E-state index is 0.124. The zero-order valence-electron chi connectivity index (χ0n) is 10.2. The fourth-order valence-electron chi connectivity index (χ4n) is 1.50. The van der Waals surface area contributed by atoms with Crippen molar-refractivity contribution in [3.63, 3.8) is 0 Å². The first-order valence-corrected chi connectivity index (χ1v) is 6.13. The number of hydrogen-bond acceptors (Lipinski definition) is 3. The van der Waals surface area contributed by atoms with Crippen LogP contribution in [0.1, 0.15) is 26.0 Å². The number of aromatic nitrogens is 2. The monoisotopic (exact) mass is 281 g/mol. The Hall–Kier alpha value is -1.04.